The molecule has 0 aromatic rings. The van der Waals surface area contributed by atoms with E-state index in [1.54, 1.807) is 0 Å². The predicted octanol–water partition coefficient (Wildman–Crippen LogP) is 0.611. The van der Waals surface area contributed by atoms with Crippen LogP contribution in [0.15, 0.2) is 0 Å². The number of unbranched alkanes of at least 4 members (excludes halogenated alkanes) is 1. The topological polar surface area (TPSA) is 58.6 Å². The van der Waals surface area contributed by atoms with Crippen LogP contribution in [0.3, 0.4) is 0 Å². The molecule has 70 valence electrons. The molecule has 0 fully saturated rings. The summed E-state index contributed by atoms with van der Waals surface area (Å²) in [7, 11) is 0. The Labute approximate surface area is 88.3 Å². The molecule has 0 saturated carbocycles. The minimum Gasteiger partial charge on any atom is -0.750 e. The summed E-state index contributed by atoms with van der Waals surface area (Å²) in [5, 5.41) is 0. The molecule has 4 nitrogen and oxygen atoms in total. The smallest absolute Gasteiger partial charge is 0.0862 e. The molecule has 0 heterocycles. The van der Waals surface area contributed by atoms with Gasteiger partial charge in [-0.15, -0.1) is 0 Å². The first-order valence-corrected chi connectivity index (χ1v) is 4.57. The Hall–Kier alpha value is 0.653. The van der Waals surface area contributed by atoms with Gasteiger partial charge in [0.2, 0.25) is 0 Å². The van der Waals surface area contributed by atoms with E-state index in [1.165, 1.54) is 0 Å². The summed E-state index contributed by atoms with van der Waals surface area (Å²) in [6.07, 6.45) is 2.08. The molecule has 12 heavy (non-hydrogen) atoms. The van der Waals surface area contributed by atoms with Crippen LogP contribution in [0.4, 0.5) is 0 Å². The Kier molecular flexibility index (Phi) is 14.7. The second-order valence-electron chi connectivity index (χ2n) is 1.99. The van der Waals surface area contributed by atoms with E-state index in [9.17, 15) is 8.76 Å². The third-order valence-corrected chi connectivity index (χ3v) is 1.41. The molecule has 0 spiro atoms. The first-order valence-electron chi connectivity index (χ1n) is 3.57. The number of hydrogen-bond donors (Lipinski definition) is 0. The Morgan fingerprint density at radius 1 is 1.33 bits per heavy atom. The summed E-state index contributed by atoms with van der Waals surface area (Å²) < 4.78 is 28.9. The van der Waals surface area contributed by atoms with Gasteiger partial charge >= 0.3 is 0 Å². The van der Waals surface area contributed by atoms with Crippen molar-refractivity contribution >= 4 is 11.4 Å². The Balaban J connectivity index is 0. The predicted molar refractivity (Wildman–Crippen MR) is 40.6 cm³/mol. The fourth-order valence-corrected chi connectivity index (χ4v) is 0.714. The molecule has 1 unspecified atom stereocenters. The SMILES string of the molecule is CCCCOCCOS(=O)[O-].[Zn]. The summed E-state index contributed by atoms with van der Waals surface area (Å²) in [5.74, 6) is 0. The Morgan fingerprint density at radius 2 is 2.00 bits per heavy atom. The van der Waals surface area contributed by atoms with E-state index in [-0.39, 0.29) is 26.1 Å². The molecule has 0 bridgehead atoms. The van der Waals surface area contributed by atoms with Gasteiger partial charge in [0, 0.05) is 26.1 Å². The third kappa shape index (κ3) is 13.3. The number of ether oxygens (including phenoxy) is 1. The second-order valence-corrected chi connectivity index (χ2v) is 2.64. The van der Waals surface area contributed by atoms with Gasteiger partial charge in [0.25, 0.3) is 0 Å². The maximum atomic E-state index is 9.81. The van der Waals surface area contributed by atoms with E-state index in [0.717, 1.165) is 12.8 Å². The third-order valence-electron chi connectivity index (χ3n) is 1.05. The van der Waals surface area contributed by atoms with Gasteiger partial charge in [-0.2, -0.15) is 0 Å². The summed E-state index contributed by atoms with van der Waals surface area (Å²) in [6.45, 7) is 3.19. The molecule has 0 aromatic heterocycles. The molecular weight excluding hydrogens is 234 g/mol. The zero-order valence-corrected chi connectivity index (χ0v) is 11.1. The summed E-state index contributed by atoms with van der Waals surface area (Å²) in [5.41, 5.74) is 0. The Bertz CT molecular complexity index is 112. The molecule has 0 aromatic carbocycles. The molecule has 1 atom stereocenters. The summed E-state index contributed by atoms with van der Waals surface area (Å²) in [4.78, 5) is 0. The van der Waals surface area contributed by atoms with Crippen LogP contribution < -0.4 is 0 Å². The Morgan fingerprint density at radius 3 is 2.50 bits per heavy atom. The van der Waals surface area contributed by atoms with E-state index < -0.39 is 11.4 Å². The number of rotatable bonds is 7. The van der Waals surface area contributed by atoms with Gasteiger partial charge in [0.15, 0.2) is 0 Å². The zero-order chi connectivity index (χ0) is 8.53. The quantitative estimate of drug-likeness (QED) is 0.375. The van der Waals surface area contributed by atoms with Crippen LogP contribution in [0.1, 0.15) is 19.8 Å². The van der Waals surface area contributed by atoms with Crippen LogP contribution in [-0.4, -0.2) is 28.6 Å². The molecular formula is C6H13O4SZn-. The fourth-order valence-electron chi connectivity index (χ4n) is 0.509. The molecule has 0 amide bonds. The minimum absolute atomic E-state index is 0. The molecule has 0 aliphatic rings. The van der Waals surface area contributed by atoms with Crippen LogP contribution in [0, 0.1) is 0 Å². The van der Waals surface area contributed by atoms with Crippen LogP contribution in [0.25, 0.3) is 0 Å². The van der Waals surface area contributed by atoms with Gasteiger partial charge in [-0.1, -0.05) is 13.3 Å². The monoisotopic (exact) mass is 245 g/mol. The van der Waals surface area contributed by atoms with Crippen LogP contribution >= 0.6 is 0 Å². The van der Waals surface area contributed by atoms with Crippen molar-refractivity contribution in [1.29, 1.82) is 0 Å². The van der Waals surface area contributed by atoms with Gasteiger partial charge in [0.05, 0.1) is 24.6 Å². The first kappa shape index (κ1) is 15.1. The van der Waals surface area contributed by atoms with E-state index in [4.69, 9.17) is 4.74 Å². The van der Waals surface area contributed by atoms with E-state index in [0.29, 0.717) is 13.2 Å². The van der Waals surface area contributed by atoms with Crippen LogP contribution in [0.5, 0.6) is 0 Å². The van der Waals surface area contributed by atoms with Crippen molar-refractivity contribution in [3.8, 4) is 0 Å². The molecule has 0 radical (unpaired) electrons. The van der Waals surface area contributed by atoms with Crippen molar-refractivity contribution in [3.05, 3.63) is 0 Å². The molecule has 0 N–H and O–H groups in total. The van der Waals surface area contributed by atoms with Crippen molar-refractivity contribution < 1.29 is 37.2 Å². The van der Waals surface area contributed by atoms with E-state index in [1.807, 2.05) is 0 Å². The van der Waals surface area contributed by atoms with E-state index >= 15 is 0 Å². The average Bonchev–Trinajstić information content (AvgIpc) is 1.96. The summed E-state index contributed by atoms with van der Waals surface area (Å²) >= 11 is -2.40. The minimum atomic E-state index is -2.40. The molecule has 0 aliphatic heterocycles. The van der Waals surface area contributed by atoms with Crippen LogP contribution in [-0.2, 0) is 39.8 Å². The van der Waals surface area contributed by atoms with Gasteiger partial charge in [-0.3, -0.25) is 4.18 Å². The zero-order valence-electron chi connectivity index (χ0n) is 7.28. The second kappa shape index (κ2) is 11.7. The van der Waals surface area contributed by atoms with Gasteiger partial charge in [-0.05, 0) is 6.42 Å². The maximum Gasteiger partial charge on any atom is 0.0862 e. The maximum absolute atomic E-state index is 9.81. The number of hydrogen-bond acceptors (Lipinski definition) is 4. The van der Waals surface area contributed by atoms with Crippen molar-refractivity contribution in [2.24, 2.45) is 0 Å². The molecule has 0 aliphatic carbocycles. The standard InChI is InChI=1S/C6H14O4S.Zn/c1-2-3-4-9-5-6-10-11(7)8;/h2-6H2,1H3,(H,7,8);/p-1. The fraction of sp³-hybridized carbons (Fsp3) is 1.00. The normalized spacial score (nSPS) is 12.2. The van der Waals surface area contributed by atoms with Gasteiger partial charge in [-0.25, -0.2) is 4.21 Å². The van der Waals surface area contributed by atoms with Crippen molar-refractivity contribution in [1.82, 2.24) is 0 Å². The average molecular weight is 247 g/mol. The summed E-state index contributed by atoms with van der Waals surface area (Å²) in [6, 6.07) is 0. The molecule has 0 saturated heterocycles. The van der Waals surface area contributed by atoms with Gasteiger partial charge in [0.1, 0.15) is 0 Å². The molecule has 0 rings (SSSR count). The van der Waals surface area contributed by atoms with Gasteiger partial charge < -0.3 is 9.29 Å². The van der Waals surface area contributed by atoms with Crippen molar-refractivity contribution in [2.75, 3.05) is 19.8 Å². The van der Waals surface area contributed by atoms with Crippen molar-refractivity contribution in [2.45, 2.75) is 19.8 Å². The first-order chi connectivity index (χ1) is 5.27. The van der Waals surface area contributed by atoms with Crippen molar-refractivity contribution in [3.63, 3.8) is 0 Å². The van der Waals surface area contributed by atoms with Crippen LogP contribution in [0.2, 0.25) is 0 Å². The van der Waals surface area contributed by atoms with E-state index in [2.05, 4.69) is 11.1 Å². The largest absolute Gasteiger partial charge is 0.750 e. The molecule has 6 heteroatoms.